The van der Waals surface area contributed by atoms with Crippen LogP contribution in [0.5, 0.6) is 0 Å². The maximum absolute atomic E-state index is 11.9. The molecule has 0 fully saturated rings. The van der Waals surface area contributed by atoms with E-state index in [1.54, 1.807) is 19.1 Å². The van der Waals surface area contributed by atoms with Crippen LogP contribution in [0.4, 0.5) is 0 Å². The number of aliphatic carboxylic acids is 1. The number of carboxylic acid groups (broad SMARTS) is 1. The van der Waals surface area contributed by atoms with Crippen LogP contribution in [0.3, 0.4) is 0 Å². The number of phosphoric ester groups is 1. The molecule has 0 aromatic heterocycles. The van der Waals surface area contributed by atoms with Gasteiger partial charge in [-0.2, -0.15) is 0 Å². The number of allylic oxidation sites excluding steroid dienone is 5. The van der Waals surface area contributed by atoms with Gasteiger partial charge in [0.05, 0.1) is 6.10 Å². The van der Waals surface area contributed by atoms with Gasteiger partial charge in [0.25, 0.3) is 0 Å². The van der Waals surface area contributed by atoms with Crippen LogP contribution >= 0.6 is 7.82 Å². The molecular weight excluding hydrogens is 463 g/mol. The molecular formula is C23H39N2O8P. The molecule has 0 bridgehead atoms. The number of rotatable bonds is 20. The number of primary amides is 1. The Hall–Kier alpha value is -2.26. The van der Waals surface area contributed by atoms with Gasteiger partial charge < -0.3 is 25.9 Å². The second kappa shape index (κ2) is 19.1. The summed E-state index contributed by atoms with van der Waals surface area (Å²) in [5, 5.41) is 11.5. The van der Waals surface area contributed by atoms with Crippen molar-refractivity contribution in [2.24, 2.45) is 5.73 Å². The van der Waals surface area contributed by atoms with E-state index in [0.717, 1.165) is 38.5 Å². The van der Waals surface area contributed by atoms with E-state index in [2.05, 4.69) is 22.0 Å². The summed E-state index contributed by atoms with van der Waals surface area (Å²) < 4.78 is 15.2. The van der Waals surface area contributed by atoms with E-state index in [9.17, 15) is 18.9 Å². The van der Waals surface area contributed by atoms with Crippen molar-refractivity contribution in [3.63, 3.8) is 0 Å². The van der Waals surface area contributed by atoms with Crippen LogP contribution in [0.1, 0.15) is 77.6 Å². The van der Waals surface area contributed by atoms with Crippen LogP contribution in [-0.2, 0) is 23.5 Å². The zero-order valence-corrected chi connectivity index (χ0v) is 20.7. The Morgan fingerprint density at radius 2 is 1.53 bits per heavy atom. The predicted octanol–water partition coefficient (Wildman–Crippen LogP) is 3.50. The topological polar surface area (TPSA) is 176 Å². The minimum atomic E-state index is -4.45. The molecule has 0 saturated carbocycles. The van der Waals surface area contributed by atoms with Crippen molar-refractivity contribution in [3.8, 4) is 0 Å². The van der Waals surface area contributed by atoms with Crippen molar-refractivity contribution < 1.29 is 38.4 Å². The minimum Gasteiger partial charge on any atom is -0.480 e. The highest BCUT2D eigenvalue weighted by Crippen LogP contribution is 2.37. The summed E-state index contributed by atoms with van der Waals surface area (Å²) in [7, 11) is -4.45. The quantitative estimate of drug-likeness (QED) is 0.0954. The number of nitrogens with one attached hydrogen (secondary N) is 1. The lowest BCUT2D eigenvalue weighted by atomic mass is 10.1. The molecule has 0 radical (unpaired) electrons. The maximum Gasteiger partial charge on any atom is 0.470 e. The Morgan fingerprint density at radius 1 is 0.941 bits per heavy atom. The third-order valence-electron chi connectivity index (χ3n) is 4.68. The first-order valence-electron chi connectivity index (χ1n) is 11.5. The second-order valence-corrected chi connectivity index (χ2v) is 9.11. The molecule has 0 aliphatic rings. The van der Waals surface area contributed by atoms with Gasteiger partial charge >= 0.3 is 13.8 Å². The van der Waals surface area contributed by atoms with Crippen LogP contribution in [0.2, 0.25) is 0 Å². The molecule has 11 heteroatoms. The molecule has 34 heavy (non-hydrogen) atoms. The Kier molecular flexibility index (Phi) is 17.8. The van der Waals surface area contributed by atoms with Crippen LogP contribution in [-0.4, -0.2) is 44.8 Å². The summed E-state index contributed by atoms with van der Waals surface area (Å²) in [4.78, 5) is 51.1. The van der Waals surface area contributed by atoms with E-state index in [0.29, 0.717) is 12.8 Å². The van der Waals surface area contributed by atoms with Crippen molar-refractivity contribution in [1.29, 1.82) is 0 Å². The van der Waals surface area contributed by atoms with Crippen LogP contribution in [0.25, 0.3) is 0 Å². The Bertz CT molecular complexity index is 745. The van der Waals surface area contributed by atoms with Gasteiger partial charge in [0.2, 0.25) is 11.8 Å². The van der Waals surface area contributed by atoms with Gasteiger partial charge in [-0.05, 0) is 45.4 Å². The summed E-state index contributed by atoms with van der Waals surface area (Å²) >= 11 is 0. The fourth-order valence-electron chi connectivity index (χ4n) is 2.97. The molecule has 194 valence electrons. The first-order valence-corrected chi connectivity index (χ1v) is 13.1. The molecule has 0 rings (SSSR count). The monoisotopic (exact) mass is 502 g/mol. The fourth-order valence-corrected chi connectivity index (χ4v) is 3.48. The van der Waals surface area contributed by atoms with E-state index in [4.69, 9.17) is 20.6 Å². The van der Waals surface area contributed by atoms with Crippen molar-refractivity contribution in [2.45, 2.75) is 89.7 Å². The van der Waals surface area contributed by atoms with Gasteiger partial charge in [-0.15, -0.1) is 0 Å². The molecule has 6 N–H and O–H groups in total. The number of amides is 2. The lowest BCUT2D eigenvalue weighted by Gasteiger charge is -2.13. The standard InChI is InChI=1S/C23H39N2O8P/c1-19(33-34(30,31)32)15-13-11-9-7-5-3-2-4-6-8-10-12-14-16-22(27)25-20(23(28)29)17-18-21(24)26/h2-3,7,9,13,15,19-20H,4-6,8,10-12,14,16-18H2,1H3,(H2,24,26)(H,25,27)(H,28,29)(H2,30,31,32)/b3-2-,9-7-,15-13-/t19?,20-/m0/s1. The Labute approximate surface area is 201 Å². The number of carbonyl (C=O) groups excluding carboxylic acids is 2. The van der Waals surface area contributed by atoms with Crippen molar-refractivity contribution in [2.75, 3.05) is 0 Å². The van der Waals surface area contributed by atoms with Crippen molar-refractivity contribution in [1.82, 2.24) is 5.32 Å². The van der Waals surface area contributed by atoms with Crippen molar-refractivity contribution >= 4 is 25.6 Å². The van der Waals surface area contributed by atoms with Gasteiger partial charge in [-0.25, -0.2) is 9.36 Å². The first-order chi connectivity index (χ1) is 16.0. The number of hydrogen-bond acceptors (Lipinski definition) is 5. The molecule has 0 aromatic carbocycles. The van der Waals surface area contributed by atoms with Gasteiger partial charge in [0.15, 0.2) is 0 Å². The molecule has 10 nitrogen and oxygen atoms in total. The smallest absolute Gasteiger partial charge is 0.470 e. The molecule has 0 saturated heterocycles. The number of carbonyl (C=O) groups is 3. The Morgan fingerprint density at radius 3 is 2.15 bits per heavy atom. The lowest BCUT2D eigenvalue weighted by molar-refractivity contribution is -0.142. The molecule has 2 atom stereocenters. The van der Waals surface area contributed by atoms with Crippen LogP contribution < -0.4 is 11.1 Å². The number of unbranched alkanes of at least 4 members (excludes halogenated alkanes) is 5. The maximum atomic E-state index is 11.9. The predicted molar refractivity (Wildman–Crippen MR) is 130 cm³/mol. The summed E-state index contributed by atoms with van der Waals surface area (Å²) in [6.45, 7) is 1.56. The summed E-state index contributed by atoms with van der Waals surface area (Å²) in [6.07, 6.45) is 18.3. The highest BCUT2D eigenvalue weighted by Gasteiger charge is 2.20. The highest BCUT2D eigenvalue weighted by atomic mass is 31.2. The van der Waals surface area contributed by atoms with Crippen LogP contribution in [0, 0.1) is 0 Å². The summed E-state index contributed by atoms with van der Waals surface area (Å²) in [5.41, 5.74) is 5.01. The zero-order chi connectivity index (χ0) is 25.8. The normalized spacial score (nSPS) is 14.1. The first kappa shape index (κ1) is 31.7. The molecule has 2 amide bonds. The molecule has 0 heterocycles. The van der Waals surface area contributed by atoms with E-state index < -0.39 is 31.8 Å². The zero-order valence-electron chi connectivity index (χ0n) is 19.8. The number of phosphoric acid groups is 1. The molecule has 0 aliphatic carbocycles. The summed E-state index contributed by atoms with van der Waals surface area (Å²) in [6, 6.07) is -1.09. The average molecular weight is 503 g/mol. The molecule has 1 unspecified atom stereocenters. The van der Waals surface area contributed by atoms with E-state index in [1.807, 2.05) is 12.2 Å². The fraction of sp³-hybridized carbons (Fsp3) is 0.609. The Balaban J connectivity index is 3.72. The van der Waals surface area contributed by atoms with Gasteiger partial charge in [-0.3, -0.25) is 14.1 Å². The number of hydrogen-bond donors (Lipinski definition) is 5. The highest BCUT2D eigenvalue weighted by molar-refractivity contribution is 7.46. The second-order valence-electron chi connectivity index (χ2n) is 7.91. The lowest BCUT2D eigenvalue weighted by Crippen LogP contribution is -2.41. The third kappa shape index (κ3) is 21.6. The SMILES string of the molecule is CC(/C=C\C/C=C\C/C=C\CCCCCCCC(=O)N[C@@H](CCC(N)=O)C(=O)O)OP(=O)(O)O. The third-order valence-corrected chi connectivity index (χ3v) is 5.28. The van der Waals surface area contributed by atoms with Gasteiger partial charge in [0.1, 0.15) is 6.04 Å². The van der Waals surface area contributed by atoms with Crippen LogP contribution in [0.15, 0.2) is 36.5 Å². The average Bonchev–Trinajstić information content (AvgIpc) is 2.72. The van der Waals surface area contributed by atoms with Gasteiger partial charge in [-0.1, -0.05) is 55.7 Å². The van der Waals surface area contributed by atoms with Crippen molar-refractivity contribution in [3.05, 3.63) is 36.5 Å². The number of carboxylic acids is 1. The molecule has 0 aliphatic heterocycles. The minimum absolute atomic E-state index is 0.00666. The van der Waals surface area contributed by atoms with Gasteiger partial charge in [0, 0.05) is 12.8 Å². The molecule has 0 aromatic rings. The molecule has 0 spiro atoms. The van der Waals surface area contributed by atoms with E-state index >= 15 is 0 Å². The number of nitrogens with two attached hydrogens (primary N) is 1. The van der Waals surface area contributed by atoms with E-state index in [1.165, 1.54) is 0 Å². The van der Waals surface area contributed by atoms with E-state index in [-0.39, 0.29) is 25.2 Å². The summed E-state index contributed by atoms with van der Waals surface area (Å²) in [5.74, 6) is -2.09. The largest absolute Gasteiger partial charge is 0.480 e.